The Bertz CT molecular complexity index is 1240. The second-order valence-electron chi connectivity index (χ2n) is 5.97. The first-order valence-electron chi connectivity index (χ1n) is 8.47. The Kier molecular flexibility index (Phi) is 5.09. The van der Waals surface area contributed by atoms with Crippen LogP contribution >= 0.6 is 11.8 Å². The third kappa shape index (κ3) is 3.87. The predicted molar refractivity (Wildman–Crippen MR) is 105 cm³/mol. The molecule has 4 aromatic rings. The van der Waals surface area contributed by atoms with Gasteiger partial charge in [-0.2, -0.15) is 9.61 Å². The summed E-state index contributed by atoms with van der Waals surface area (Å²) in [6.07, 6.45) is 0. The number of rotatable bonds is 6. The Morgan fingerprint density at radius 3 is 2.55 bits per heavy atom. The highest BCUT2D eigenvalue weighted by atomic mass is 32.2. The second-order valence-corrected chi connectivity index (χ2v) is 6.91. The van der Waals surface area contributed by atoms with Crippen LogP contribution in [0.25, 0.3) is 17.0 Å². The van der Waals surface area contributed by atoms with E-state index in [9.17, 15) is 14.0 Å². The number of carbonyl (C=O) groups is 1. The van der Waals surface area contributed by atoms with Gasteiger partial charge in [0.1, 0.15) is 11.6 Å². The Hall–Kier alpha value is -3.53. The first kappa shape index (κ1) is 18.8. The lowest BCUT2D eigenvalue weighted by molar-refractivity contribution is 0.102. The number of aromatic amines is 1. The molecule has 0 atom stereocenters. The number of Topliss-reactive ketones (excluding diaryl/α,β-unsaturated/α-hetero) is 1. The van der Waals surface area contributed by atoms with Gasteiger partial charge in [0.15, 0.2) is 11.5 Å². The Morgan fingerprint density at radius 1 is 1.14 bits per heavy atom. The fourth-order valence-electron chi connectivity index (χ4n) is 2.62. The van der Waals surface area contributed by atoms with Crippen LogP contribution in [0, 0.1) is 5.82 Å². The lowest BCUT2D eigenvalue weighted by Crippen LogP contribution is -2.15. The van der Waals surface area contributed by atoms with E-state index >= 15 is 0 Å². The van der Waals surface area contributed by atoms with Gasteiger partial charge in [-0.15, -0.1) is 10.2 Å². The lowest BCUT2D eigenvalue weighted by Gasteiger charge is -2.04. The number of halogens is 1. The molecule has 0 saturated heterocycles. The van der Waals surface area contributed by atoms with Gasteiger partial charge in [-0.3, -0.25) is 14.6 Å². The molecule has 10 heteroatoms. The van der Waals surface area contributed by atoms with E-state index in [0.29, 0.717) is 22.0 Å². The molecule has 4 rings (SSSR count). The number of hydrogen-bond donors (Lipinski definition) is 1. The molecule has 0 fully saturated rings. The third-order valence-corrected chi connectivity index (χ3v) is 5.03. The van der Waals surface area contributed by atoms with Gasteiger partial charge in [-0.1, -0.05) is 11.8 Å². The maximum atomic E-state index is 13.2. The van der Waals surface area contributed by atoms with Crippen molar-refractivity contribution in [3.05, 3.63) is 70.3 Å². The highest BCUT2D eigenvalue weighted by Gasteiger charge is 2.15. The zero-order valence-corrected chi connectivity index (χ0v) is 15.9. The van der Waals surface area contributed by atoms with E-state index in [1.807, 2.05) is 0 Å². The van der Waals surface area contributed by atoms with Crippen molar-refractivity contribution in [2.45, 2.75) is 5.16 Å². The average molecular weight is 411 g/mol. The number of aromatic nitrogens is 5. The van der Waals surface area contributed by atoms with Crippen LogP contribution in [0.3, 0.4) is 0 Å². The number of nitrogens with one attached hydrogen (secondary N) is 1. The highest BCUT2D eigenvalue weighted by Crippen LogP contribution is 2.20. The van der Waals surface area contributed by atoms with E-state index in [2.05, 4.69) is 20.3 Å². The van der Waals surface area contributed by atoms with Crippen molar-refractivity contribution in [2.75, 3.05) is 12.9 Å². The van der Waals surface area contributed by atoms with Gasteiger partial charge in [0.2, 0.25) is 5.16 Å². The van der Waals surface area contributed by atoms with Crippen LogP contribution in [0.1, 0.15) is 10.4 Å². The summed E-state index contributed by atoms with van der Waals surface area (Å²) in [6, 6.07) is 12.2. The number of H-pyrrole nitrogens is 1. The number of carbonyl (C=O) groups excluding carboxylic acids is 1. The van der Waals surface area contributed by atoms with Crippen molar-refractivity contribution < 1.29 is 13.9 Å². The van der Waals surface area contributed by atoms with Gasteiger partial charge in [0, 0.05) is 11.1 Å². The summed E-state index contributed by atoms with van der Waals surface area (Å²) in [5.74, 6) is 0.417. The number of hydrogen-bond acceptors (Lipinski definition) is 7. The monoisotopic (exact) mass is 411 g/mol. The van der Waals surface area contributed by atoms with Crippen molar-refractivity contribution in [3.8, 4) is 17.0 Å². The lowest BCUT2D eigenvalue weighted by atomic mass is 10.1. The van der Waals surface area contributed by atoms with Gasteiger partial charge < -0.3 is 4.74 Å². The number of methoxy groups -OCH3 is 1. The molecule has 2 aromatic heterocycles. The Labute approximate surface area is 167 Å². The minimum atomic E-state index is -0.470. The molecule has 0 unspecified atom stereocenters. The molecule has 2 aromatic carbocycles. The van der Waals surface area contributed by atoms with E-state index in [0.717, 1.165) is 11.8 Å². The zero-order chi connectivity index (χ0) is 20.4. The molecule has 8 nitrogen and oxygen atoms in total. The van der Waals surface area contributed by atoms with E-state index in [-0.39, 0.29) is 23.0 Å². The van der Waals surface area contributed by atoms with Crippen LogP contribution in [0.15, 0.2) is 58.5 Å². The molecule has 0 aliphatic rings. The standard InChI is InChI=1S/C19H14FN5O3S/c1-28-14-8-4-11(5-9-14)15(26)10-29-19-23-22-18-21-17(27)16(24-25(18)19)12-2-6-13(20)7-3-12/h2-9H,10H2,1H3,(H,21,22,27). The second kappa shape index (κ2) is 7.84. The molecular weight excluding hydrogens is 397 g/mol. The number of benzene rings is 2. The van der Waals surface area contributed by atoms with Crippen molar-refractivity contribution in [2.24, 2.45) is 0 Å². The maximum Gasteiger partial charge on any atom is 0.279 e. The number of nitrogens with zero attached hydrogens (tertiary/aromatic N) is 4. The van der Waals surface area contributed by atoms with Crippen molar-refractivity contribution in [3.63, 3.8) is 0 Å². The third-order valence-electron chi connectivity index (χ3n) is 4.11. The summed E-state index contributed by atoms with van der Waals surface area (Å²) >= 11 is 1.15. The van der Waals surface area contributed by atoms with E-state index in [1.54, 1.807) is 31.4 Å². The van der Waals surface area contributed by atoms with Gasteiger partial charge >= 0.3 is 0 Å². The molecule has 0 saturated carbocycles. The average Bonchev–Trinajstić information content (AvgIpc) is 3.13. The van der Waals surface area contributed by atoms with Crippen LogP contribution in [0.5, 0.6) is 5.75 Å². The van der Waals surface area contributed by atoms with Gasteiger partial charge in [0.25, 0.3) is 11.3 Å². The van der Waals surface area contributed by atoms with Gasteiger partial charge in [-0.25, -0.2) is 4.39 Å². The van der Waals surface area contributed by atoms with Crippen molar-refractivity contribution >= 4 is 23.3 Å². The first-order chi connectivity index (χ1) is 14.0. The molecule has 0 aliphatic heterocycles. The fourth-order valence-corrected chi connectivity index (χ4v) is 3.39. The molecule has 146 valence electrons. The number of fused-ring (bicyclic) bond motifs is 1. The van der Waals surface area contributed by atoms with E-state index in [1.165, 1.54) is 28.8 Å². The van der Waals surface area contributed by atoms with Gasteiger partial charge in [-0.05, 0) is 48.5 Å². The molecular formula is C19H14FN5O3S. The quantitative estimate of drug-likeness (QED) is 0.384. The van der Waals surface area contributed by atoms with Crippen LogP contribution in [-0.2, 0) is 0 Å². The largest absolute Gasteiger partial charge is 0.497 e. The highest BCUT2D eigenvalue weighted by molar-refractivity contribution is 7.99. The summed E-state index contributed by atoms with van der Waals surface area (Å²) in [5.41, 5.74) is 0.622. The van der Waals surface area contributed by atoms with Crippen LogP contribution in [0.4, 0.5) is 4.39 Å². The zero-order valence-electron chi connectivity index (χ0n) is 15.1. The molecule has 1 N–H and O–H groups in total. The number of ether oxygens (including phenoxy) is 1. The summed E-state index contributed by atoms with van der Waals surface area (Å²) in [5, 5.41) is 12.5. The Morgan fingerprint density at radius 2 is 1.86 bits per heavy atom. The Balaban J connectivity index is 1.59. The smallest absolute Gasteiger partial charge is 0.279 e. The maximum absolute atomic E-state index is 13.2. The van der Waals surface area contributed by atoms with Crippen LogP contribution < -0.4 is 10.3 Å². The van der Waals surface area contributed by atoms with E-state index < -0.39 is 11.4 Å². The molecule has 0 bridgehead atoms. The SMILES string of the molecule is COc1ccc(C(=O)CSc2nnc3[nH]c(=O)c(-c4ccc(F)cc4)nn23)cc1. The van der Waals surface area contributed by atoms with Crippen molar-refractivity contribution in [1.29, 1.82) is 0 Å². The molecule has 29 heavy (non-hydrogen) atoms. The van der Waals surface area contributed by atoms with Crippen LogP contribution in [0.2, 0.25) is 0 Å². The topological polar surface area (TPSA) is 102 Å². The summed E-state index contributed by atoms with van der Waals surface area (Å²) in [4.78, 5) is 27.3. The first-order valence-corrected chi connectivity index (χ1v) is 9.45. The minimum absolute atomic E-state index is 0.0978. The van der Waals surface area contributed by atoms with E-state index in [4.69, 9.17) is 4.74 Å². The molecule has 2 heterocycles. The predicted octanol–water partition coefficient (Wildman–Crippen LogP) is 2.60. The molecule has 0 amide bonds. The summed E-state index contributed by atoms with van der Waals surface area (Å²) in [6.45, 7) is 0. The number of ketones is 1. The normalized spacial score (nSPS) is 11.0. The molecule has 0 spiro atoms. The fraction of sp³-hybridized carbons (Fsp3) is 0.105. The van der Waals surface area contributed by atoms with Crippen molar-refractivity contribution in [1.82, 2.24) is 24.8 Å². The molecule has 0 aliphatic carbocycles. The molecule has 0 radical (unpaired) electrons. The summed E-state index contributed by atoms with van der Waals surface area (Å²) < 4.78 is 19.6. The number of thioether (sulfide) groups is 1. The van der Waals surface area contributed by atoms with Crippen LogP contribution in [-0.4, -0.2) is 43.4 Å². The minimum Gasteiger partial charge on any atom is -0.497 e. The van der Waals surface area contributed by atoms with Gasteiger partial charge in [0.05, 0.1) is 12.9 Å². The summed E-state index contributed by atoms with van der Waals surface area (Å²) in [7, 11) is 1.56.